The summed E-state index contributed by atoms with van der Waals surface area (Å²) in [6, 6.07) is -0.475. The standard InChI is InChI=1S/C13H24N2O4S/c1-9(2)5-6-14-13(18)15-11(16)8-20-7-10(3)12(17)19-4/h9-10H,5-8H2,1-4H3,(H2,14,15,16,18). The van der Waals surface area contributed by atoms with E-state index >= 15 is 0 Å². The summed E-state index contributed by atoms with van der Waals surface area (Å²) in [5.41, 5.74) is 0. The molecule has 0 aromatic carbocycles. The van der Waals surface area contributed by atoms with Gasteiger partial charge in [-0.1, -0.05) is 20.8 Å². The number of rotatable bonds is 8. The van der Waals surface area contributed by atoms with E-state index in [1.807, 2.05) is 0 Å². The molecule has 0 saturated heterocycles. The molecule has 0 aliphatic carbocycles. The van der Waals surface area contributed by atoms with E-state index in [0.29, 0.717) is 18.2 Å². The van der Waals surface area contributed by atoms with Crippen LogP contribution < -0.4 is 10.6 Å². The topological polar surface area (TPSA) is 84.5 Å². The fraction of sp³-hybridized carbons (Fsp3) is 0.769. The van der Waals surface area contributed by atoms with Crippen molar-refractivity contribution in [2.45, 2.75) is 27.2 Å². The van der Waals surface area contributed by atoms with E-state index in [-0.39, 0.29) is 23.5 Å². The van der Waals surface area contributed by atoms with Gasteiger partial charge in [0.1, 0.15) is 0 Å². The van der Waals surface area contributed by atoms with Crippen LogP contribution in [0.4, 0.5) is 4.79 Å². The van der Waals surface area contributed by atoms with Crippen LogP contribution in [0.15, 0.2) is 0 Å². The van der Waals surface area contributed by atoms with Gasteiger partial charge in [-0.25, -0.2) is 4.79 Å². The van der Waals surface area contributed by atoms with Crippen molar-refractivity contribution in [3.63, 3.8) is 0 Å². The molecular formula is C13H24N2O4S. The fourth-order valence-corrected chi connectivity index (χ4v) is 2.14. The van der Waals surface area contributed by atoms with Gasteiger partial charge in [-0.3, -0.25) is 14.9 Å². The summed E-state index contributed by atoms with van der Waals surface area (Å²) in [6.07, 6.45) is 0.868. The maximum Gasteiger partial charge on any atom is 0.321 e. The number of methoxy groups -OCH3 is 1. The van der Waals surface area contributed by atoms with Gasteiger partial charge in [0.2, 0.25) is 5.91 Å². The molecule has 1 unspecified atom stereocenters. The lowest BCUT2D eigenvalue weighted by atomic mass is 10.1. The smallest absolute Gasteiger partial charge is 0.321 e. The highest BCUT2D eigenvalue weighted by Gasteiger charge is 2.14. The quantitative estimate of drug-likeness (QED) is 0.662. The van der Waals surface area contributed by atoms with E-state index in [9.17, 15) is 14.4 Å². The lowest BCUT2D eigenvalue weighted by Gasteiger charge is -2.09. The first kappa shape index (κ1) is 18.8. The second kappa shape index (κ2) is 10.5. The maximum atomic E-state index is 11.5. The zero-order valence-electron chi connectivity index (χ0n) is 12.5. The van der Waals surface area contributed by atoms with Crippen LogP contribution in [0.3, 0.4) is 0 Å². The predicted molar refractivity (Wildman–Crippen MR) is 79.5 cm³/mol. The Morgan fingerprint density at radius 1 is 1.20 bits per heavy atom. The van der Waals surface area contributed by atoms with Crippen LogP contribution >= 0.6 is 11.8 Å². The molecule has 0 spiro atoms. The number of amides is 3. The number of urea groups is 1. The Balaban J connectivity index is 3.72. The van der Waals surface area contributed by atoms with Crippen LogP contribution in [0.1, 0.15) is 27.2 Å². The van der Waals surface area contributed by atoms with Crippen molar-refractivity contribution < 1.29 is 19.1 Å². The summed E-state index contributed by atoms with van der Waals surface area (Å²) >= 11 is 1.29. The molecule has 0 aromatic heterocycles. The van der Waals surface area contributed by atoms with Gasteiger partial charge in [0.05, 0.1) is 18.8 Å². The Kier molecular flexibility index (Phi) is 9.88. The molecule has 20 heavy (non-hydrogen) atoms. The van der Waals surface area contributed by atoms with Gasteiger partial charge in [-0.15, -0.1) is 0 Å². The minimum absolute atomic E-state index is 0.138. The van der Waals surface area contributed by atoms with Crippen molar-refractivity contribution in [2.24, 2.45) is 11.8 Å². The molecule has 0 radical (unpaired) electrons. The highest BCUT2D eigenvalue weighted by atomic mass is 32.2. The summed E-state index contributed by atoms with van der Waals surface area (Å²) in [7, 11) is 1.33. The summed E-state index contributed by atoms with van der Waals surface area (Å²) in [5.74, 6) is 0.186. The van der Waals surface area contributed by atoms with Gasteiger partial charge in [0.15, 0.2) is 0 Å². The third-order valence-corrected chi connectivity index (χ3v) is 3.67. The summed E-state index contributed by atoms with van der Waals surface area (Å²) in [5, 5.41) is 4.86. The summed E-state index contributed by atoms with van der Waals surface area (Å²) < 4.78 is 4.58. The number of nitrogens with one attached hydrogen (secondary N) is 2. The molecule has 0 aliphatic heterocycles. The van der Waals surface area contributed by atoms with Crippen molar-refractivity contribution in [3.05, 3.63) is 0 Å². The molecular weight excluding hydrogens is 280 g/mol. The van der Waals surface area contributed by atoms with Gasteiger partial charge in [0.25, 0.3) is 0 Å². The molecule has 0 aliphatic rings. The van der Waals surface area contributed by atoms with Gasteiger partial charge in [-0.05, 0) is 12.3 Å². The monoisotopic (exact) mass is 304 g/mol. The van der Waals surface area contributed by atoms with E-state index < -0.39 is 6.03 Å². The zero-order chi connectivity index (χ0) is 15.5. The van der Waals surface area contributed by atoms with Crippen LogP contribution in [-0.4, -0.2) is 43.1 Å². The number of carbonyl (C=O) groups is 3. The number of carbonyl (C=O) groups excluding carboxylic acids is 3. The van der Waals surface area contributed by atoms with E-state index in [0.717, 1.165) is 6.42 Å². The maximum absolute atomic E-state index is 11.5. The lowest BCUT2D eigenvalue weighted by molar-refractivity contribution is -0.144. The molecule has 0 saturated carbocycles. The normalized spacial score (nSPS) is 11.8. The molecule has 116 valence electrons. The summed E-state index contributed by atoms with van der Waals surface area (Å²) in [4.78, 5) is 34.0. The average molecular weight is 304 g/mol. The van der Waals surface area contributed by atoms with Crippen molar-refractivity contribution in [1.29, 1.82) is 0 Å². The van der Waals surface area contributed by atoms with Crippen LogP contribution in [0, 0.1) is 11.8 Å². The largest absolute Gasteiger partial charge is 0.469 e. The molecule has 2 N–H and O–H groups in total. The zero-order valence-corrected chi connectivity index (χ0v) is 13.3. The molecule has 7 heteroatoms. The Hall–Kier alpha value is -1.24. The number of thioether (sulfide) groups is 1. The van der Waals surface area contributed by atoms with Crippen LogP contribution in [0.2, 0.25) is 0 Å². The molecule has 3 amide bonds. The first-order valence-corrected chi connectivity index (χ1v) is 7.75. The van der Waals surface area contributed by atoms with E-state index in [4.69, 9.17) is 0 Å². The number of ether oxygens (including phenoxy) is 1. The van der Waals surface area contributed by atoms with Gasteiger partial charge in [0, 0.05) is 12.3 Å². The van der Waals surface area contributed by atoms with E-state index in [1.54, 1.807) is 6.92 Å². The molecule has 0 heterocycles. The molecule has 0 bridgehead atoms. The van der Waals surface area contributed by atoms with Crippen molar-refractivity contribution >= 4 is 29.7 Å². The minimum atomic E-state index is -0.475. The predicted octanol–water partition coefficient (Wildman–Crippen LogP) is 1.40. The van der Waals surface area contributed by atoms with Crippen LogP contribution in [0.5, 0.6) is 0 Å². The first-order valence-electron chi connectivity index (χ1n) is 6.60. The van der Waals surface area contributed by atoms with Crippen molar-refractivity contribution in [1.82, 2.24) is 10.6 Å². The van der Waals surface area contributed by atoms with Gasteiger partial charge < -0.3 is 10.1 Å². The van der Waals surface area contributed by atoms with E-state index in [2.05, 4.69) is 29.2 Å². The van der Waals surface area contributed by atoms with Crippen LogP contribution in [0.25, 0.3) is 0 Å². The van der Waals surface area contributed by atoms with Crippen LogP contribution in [-0.2, 0) is 14.3 Å². The lowest BCUT2D eigenvalue weighted by Crippen LogP contribution is -2.41. The highest BCUT2D eigenvalue weighted by Crippen LogP contribution is 2.09. The first-order chi connectivity index (χ1) is 9.36. The molecule has 0 rings (SSSR count). The second-order valence-corrected chi connectivity index (χ2v) is 5.96. The second-order valence-electron chi connectivity index (χ2n) is 4.93. The van der Waals surface area contributed by atoms with Gasteiger partial charge >= 0.3 is 12.0 Å². The number of imide groups is 1. The summed E-state index contributed by atoms with van der Waals surface area (Å²) in [6.45, 7) is 6.40. The van der Waals surface area contributed by atoms with Gasteiger partial charge in [-0.2, -0.15) is 11.8 Å². The number of esters is 1. The van der Waals surface area contributed by atoms with Crippen molar-refractivity contribution in [2.75, 3.05) is 25.2 Å². The molecule has 0 fully saturated rings. The average Bonchev–Trinajstić information content (AvgIpc) is 2.36. The third-order valence-electron chi connectivity index (χ3n) is 2.46. The minimum Gasteiger partial charge on any atom is -0.469 e. The Morgan fingerprint density at radius 3 is 2.40 bits per heavy atom. The fourth-order valence-electron chi connectivity index (χ4n) is 1.28. The molecule has 0 aromatic rings. The molecule has 1 atom stereocenters. The number of hydrogen-bond donors (Lipinski definition) is 2. The Labute approximate surface area is 124 Å². The Bertz CT molecular complexity index is 334. The van der Waals surface area contributed by atoms with E-state index in [1.165, 1.54) is 18.9 Å². The molecule has 6 nitrogen and oxygen atoms in total. The Morgan fingerprint density at radius 2 is 1.85 bits per heavy atom. The highest BCUT2D eigenvalue weighted by molar-refractivity contribution is 7.99. The third kappa shape index (κ3) is 9.66. The SMILES string of the molecule is COC(=O)C(C)CSCC(=O)NC(=O)NCCC(C)C. The number of hydrogen-bond acceptors (Lipinski definition) is 5. The van der Waals surface area contributed by atoms with Crippen molar-refractivity contribution in [3.8, 4) is 0 Å².